The maximum Gasteiger partial charge on any atom is 0.407 e. The number of fused-ring (bicyclic) bond motifs is 2. The minimum absolute atomic E-state index is 0.0221. The number of aromatic amines is 1. The van der Waals surface area contributed by atoms with Crippen LogP contribution in [0.1, 0.15) is 76.2 Å². The predicted molar refractivity (Wildman–Crippen MR) is 203 cm³/mol. The molecule has 2 aliphatic heterocycles. The second-order valence-corrected chi connectivity index (χ2v) is 14.9. The zero-order chi connectivity index (χ0) is 37.2. The van der Waals surface area contributed by atoms with E-state index in [2.05, 4.69) is 15.6 Å². The highest BCUT2D eigenvalue weighted by atomic mass is 16.5. The molecule has 276 valence electrons. The third kappa shape index (κ3) is 7.29. The molecule has 7 rings (SSSR count). The Morgan fingerprint density at radius 1 is 0.849 bits per heavy atom. The van der Waals surface area contributed by atoms with Crippen molar-refractivity contribution in [1.29, 1.82) is 0 Å². The smallest absolute Gasteiger partial charge is 0.407 e. The molecule has 6 atom stereocenters. The van der Waals surface area contributed by atoms with Gasteiger partial charge in [0.1, 0.15) is 17.9 Å². The molecule has 2 saturated heterocycles. The van der Waals surface area contributed by atoms with Crippen molar-refractivity contribution in [2.45, 2.75) is 83.0 Å². The molecule has 4 amide bonds. The molecule has 0 unspecified atom stereocenters. The maximum absolute atomic E-state index is 13.9. The Kier molecular flexibility index (Phi) is 10.3. The van der Waals surface area contributed by atoms with Gasteiger partial charge in [0.2, 0.25) is 17.7 Å². The average Bonchev–Trinajstić information content (AvgIpc) is 4.02. The van der Waals surface area contributed by atoms with Crippen molar-refractivity contribution < 1.29 is 23.9 Å². The number of ether oxygens (including phenoxy) is 1. The van der Waals surface area contributed by atoms with Crippen LogP contribution in [0.15, 0.2) is 85.1 Å². The number of hydrogen-bond acceptors (Lipinski definition) is 6. The number of alkyl carbamates (subject to hydrolysis) is 1. The van der Waals surface area contributed by atoms with Crippen LogP contribution in [0.25, 0.3) is 22.4 Å². The number of imidazole rings is 1. The molecular weight excluding hydrogens is 668 g/mol. The fraction of sp³-hybridized carbons (Fsp3) is 0.405. The number of methoxy groups -OCH3 is 1. The summed E-state index contributed by atoms with van der Waals surface area (Å²) in [4.78, 5) is 64.7. The quantitative estimate of drug-likeness (QED) is 0.163. The monoisotopic (exact) mass is 716 g/mol. The van der Waals surface area contributed by atoms with E-state index in [1.807, 2.05) is 111 Å². The van der Waals surface area contributed by atoms with Gasteiger partial charge in [0, 0.05) is 30.0 Å². The van der Waals surface area contributed by atoms with E-state index in [9.17, 15) is 19.2 Å². The van der Waals surface area contributed by atoms with Crippen molar-refractivity contribution in [3.63, 3.8) is 0 Å². The van der Waals surface area contributed by atoms with Crippen LogP contribution < -0.4 is 10.6 Å². The molecule has 11 nitrogen and oxygen atoms in total. The van der Waals surface area contributed by atoms with Crippen LogP contribution in [0, 0.1) is 11.8 Å². The molecule has 3 fully saturated rings. The first-order chi connectivity index (χ1) is 25.6. The second-order valence-electron chi connectivity index (χ2n) is 14.9. The Hall–Kier alpha value is -5.45. The minimum atomic E-state index is -0.681. The molecule has 0 radical (unpaired) electrons. The number of carbonyl (C=O) groups excluding carboxylic acids is 4. The normalized spacial score (nSPS) is 21.8. The lowest BCUT2D eigenvalue weighted by atomic mass is 9.95. The molecule has 1 saturated carbocycles. The van der Waals surface area contributed by atoms with Gasteiger partial charge in [-0.25, -0.2) is 9.78 Å². The zero-order valence-electron chi connectivity index (χ0n) is 30.7. The molecule has 1 aromatic heterocycles. The van der Waals surface area contributed by atoms with Crippen LogP contribution in [0.2, 0.25) is 0 Å². The van der Waals surface area contributed by atoms with E-state index < -0.39 is 18.2 Å². The number of nitrogens with zero attached hydrogens (tertiary/aromatic N) is 3. The van der Waals surface area contributed by atoms with Gasteiger partial charge in [0.05, 0.1) is 24.8 Å². The molecule has 3 N–H and O–H groups in total. The topological polar surface area (TPSA) is 137 Å². The fourth-order valence-corrected chi connectivity index (χ4v) is 8.39. The summed E-state index contributed by atoms with van der Waals surface area (Å²) in [5.41, 5.74) is 5.40. The lowest BCUT2D eigenvalue weighted by Gasteiger charge is -2.37. The summed E-state index contributed by atoms with van der Waals surface area (Å²) in [5, 5.41) is 5.78. The van der Waals surface area contributed by atoms with Crippen molar-refractivity contribution >= 4 is 29.5 Å². The van der Waals surface area contributed by atoms with Crippen LogP contribution in [0.3, 0.4) is 0 Å². The minimum Gasteiger partial charge on any atom is -0.453 e. The predicted octanol–water partition coefficient (Wildman–Crippen LogP) is 6.91. The first-order valence-electron chi connectivity index (χ1n) is 18.7. The Labute approximate surface area is 310 Å². The molecule has 3 heterocycles. The van der Waals surface area contributed by atoms with E-state index in [-0.39, 0.29) is 41.6 Å². The maximum atomic E-state index is 13.9. The third-order valence-corrected chi connectivity index (χ3v) is 11.3. The van der Waals surface area contributed by atoms with E-state index in [1.54, 1.807) is 4.90 Å². The largest absolute Gasteiger partial charge is 0.453 e. The van der Waals surface area contributed by atoms with Crippen LogP contribution in [0.5, 0.6) is 0 Å². The van der Waals surface area contributed by atoms with E-state index in [4.69, 9.17) is 9.72 Å². The number of aromatic nitrogens is 2. The number of likely N-dealkylation sites (tertiary alicyclic amines) is 2. The second kappa shape index (κ2) is 15.3. The number of hydrogen-bond donors (Lipinski definition) is 3. The summed E-state index contributed by atoms with van der Waals surface area (Å²) in [6.45, 7) is 6.32. The Bertz CT molecular complexity index is 1940. The first kappa shape index (κ1) is 35.9. The SMILES string of the molecule is COC(=O)N[C@H](C(=O)N1[C@@H]2CC[C@@H](C2)[C@H]1c1nc(-c2ccc(-c3ccc(NC(=O)[C@@H]4CCCN4C(=O)[C@H](C)c4ccccc4)cc3)cc2)c[nH]1)C(C)C. The highest BCUT2D eigenvalue weighted by molar-refractivity contribution is 5.98. The summed E-state index contributed by atoms with van der Waals surface area (Å²) in [7, 11) is 1.30. The van der Waals surface area contributed by atoms with Gasteiger partial charge in [0.25, 0.3) is 0 Å². The summed E-state index contributed by atoms with van der Waals surface area (Å²) in [6.07, 6.45) is 5.65. The van der Waals surface area contributed by atoms with Crippen molar-refractivity contribution in [3.8, 4) is 22.4 Å². The molecule has 11 heteroatoms. The van der Waals surface area contributed by atoms with Crippen LogP contribution in [-0.4, -0.2) is 75.4 Å². The van der Waals surface area contributed by atoms with Crippen molar-refractivity contribution in [2.75, 3.05) is 19.0 Å². The van der Waals surface area contributed by atoms with E-state index in [0.717, 1.165) is 59.5 Å². The van der Waals surface area contributed by atoms with Crippen molar-refractivity contribution in [2.24, 2.45) is 11.8 Å². The lowest BCUT2D eigenvalue weighted by Crippen LogP contribution is -2.54. The Morgan fingerprint density at radius 2 is 1.53 bits per heavy atom. The highest BCUT2D eigenvalue weighted by Crippen LogP contribution is 2.50. The number of carbonyl (C=O) groups is 4. The number of rotatable bonds is 10. The van der Waals surface area contributed by atoms with Crippen LogP contribution >= 0.6 is 0 Å². The Balaban J connectivity index is 0.995. The van der Waals surface area contributed by atoms with E-state index in [1.165, 1.54) is 7.11 Å². The van der Waals surface area contributed by atoms with Gasteiger partial charge >= 0.3 is 6.09 Å². The van der Waals surface area contributed by atoms with Gasteiger partial charge in [-0.3, -0.25) is 14.4 Å². The van der Waals surface area contributed by atoms with E-state index in [0.29, 0.717) is 24.6 Å². The lowest BCUT2D eigenvalue weighted by molar-refractivity contribution is -0.139. The number of benzene rings is 3. The number of nitrogens with one attached hydrogen (secondary N) is 3. The molecule has 0 spiro atoms. The zero-order valence-corrected chi connectivity index (χ0v) is 30.7. The van der Waals surface area contributed by atoms with Crippen molar-refractivity contribution in [3.05, 3.63) is 96.4 Å². The first-order valence-corrected chi connectivity index (χ1v) is 18.7. The van der Waals surface area contributed by atoms with Gasteiger partial charge in [-0.1, -0.05) is 80.6 Å². The summed E-state index contributed by atoms with van der Waals surface area (Å²) in [6, 6.07) is 24.4. The standard InChI is InChI=1S/C42H48N6O5/c1-25(2)36(46-42(52)53-4)41(51)48-33-21-18-31(23-33)37(48)38-43-24-34(45-38)30-14-12-28(13-15-30)29-16-19-32(20-17-29)44-39(49)35-11-8-22-47(35)40(50)26(3)27-9-6-5-7-10-27/h5-7,9-10,12-17,19-20,24-26,31,33,35-37H,8,11,18,21-23H2,1-4H3,(H,43,45)(H,44,49)(H,46,52)/t26-,31+,33-,35+,36+,37+/m1/s1. The van der Waals surface area contributed by atoms with Gasteiger partial charge < -0.3 is 30.2 Å². The van der Waals surface area contributed by atoms with Gasteiger partial charge in [-0.05, 0) is 79.7 Å². The fourth-order valence-electron chi connectivity index (χ4n) is 8.39. The Morgan fingerprint density at radius 3 is 2.21 bits per heavy atom. The van der Waals surface area contributed by atoms with Crippen LogP contribution in [-0.2, 0) is 19.1 Å². The van der Waals surface area contributed by atoms with E-state index >= 15 is 0 Å². The average molecular weight is 717 g/mol. The number of amides is 4. The number of anilines is 1. The van der Waals surface area contributed by atoms with Gasteiger partial charge in [-0.2, -0.15) is 0 Å². The van der Waals surface area contributed by atoms with Gasteiger partial charge in [0.15, 0.2) is 0 Å². The van der Waals surface area contributed by atoms with Crippen molar-refractivity contribution in [1.82, 2.24) is 25.1 Å². The summed E-state index contributed by atoms with van der Waals surface area (Å²) < 4.78 is 4.80. The highest BCUT2D eigenvalue weighted by Gasteiger charge is 2.51. The number of piperidine rings is 1. The number of H-pyrrole nitrogens is 1. The molecule has 53 heavy (non-hydrogen) atoms. The third-order valence-electron chi connectivity index (χ3n) is 11.3. The molecule has 2 bridgehead atoms. The summed E-state index contributed by atoms with van der Waals surface area (Å²) in [5.74, 6) is 0.379. The molecule has 3 aromatic carbocycles. The molecule has 3 aliphatic rings. The molecule has 1 aliphatic carbocycles. The summed E-state index contributed by atoms with van der Waals surface area (Å²) >= 11 is 0. The molecular formula is C42H48N6O5. The van der Waals surface area contributed by atoms with Crippen LogP contribution in [0.4, 0.5) is 10.5 Å². The van der Waals surface area contributed by atoms with Gasteiger partial charge in [-0.15, -0.1) is 0 Å². The molecule has 4 aromatic rings.